The molecule has 1 aliphatic rings. The van der Waals surface area contributed by atoms with E-state index in [2.05, 4.69) is 0 Å². The minimum Gasteiger partial charge on any atom is -0.362 e. The van der Waals surface area contributed by atoms with Gasteiger partial charge in [0.1, 0.15) is 5.69 Å². The summed E-state index contributed by atoms with van der Waals surface area (Å²) >= 11 is 12.2. The number of halogens is 2. The van der Waals surface area contributed by atoms with Crippen molar-refractivity contribution < 1.29 is 14.5 Å². The maximum Gasteiger partial charge on any atom is 0.293 e. The quantitative estimate of drug-likeness (QED) is 0.495. The number of nitrogens with zero attached hydrogens (tertiary/aromatic N) is 4. The lowest BCUT2D eigenvalue weighted by Crippen LogP contribution is -2.48. The van der Waals surface area contributed by atoms with Crippen molar-refractivity contribution in [2.75, 3.05) is 38.1 Å². The van der Waals surface area contributed by atoms with Crippen LogP contribution in [-0.4, -0.2) is 59.8 Å². The van der Waals surface area contributed by atoms with Crippen LogP contribution in [-0.2, 0) is 11.3 Å². The molecule has 0 atom stereocenters. The van der Waals surface area contributed by atoms with Gasteiger partial charge in [-0.05, 0) is 23.8 Å². The van der Waals surface area contributed by atoms with Gasteiger partial charge in [-0.3, -0.25) is 19.7 Å². The first kappa shape index (κ1) is 22.8. The first-order valence-electron chi connectivity index (χ1n) is 9.66. The maximum atomic E-state index is 12.9. The van der Waals surface area contributed by atoms with Crippen LogP contribution in [0.2, 0.25) is 10.0 Å². The van der Waals surface area contributed by atoms with Crippen molar-refractivity contribution in [2.24, 2.45) is 0 Å². The first-order valence-corrected chi connectivity index (χ1v) is 10.4. The van der Waals surface area contributed by atoms with E-state index in [9.17, 15) is 19.7 Å². The molecule has 1 fully saturated rings. The number of amides is 2. The molecule has 31 heavy (non-hydrogen) atoms. The summed E-state index contributed by atoms with van der Waals surface area (Å²) in [7, 11) is 1.60. The molecule has 0 aromatic heterocycles. The molecule has 0 unspecified atom stereocenters. The zero-order chi connectivity index (χ0) is 22.7. The van der Waals surface area contributed by atoms with Crippen molar-refractivity contribution in [3.8, 4) is 0 Å². The first-order chi connectivity index (χ1) is 14.7. The van der Waals surface area contributed by atoms with Gasteiger partial charge in [0.05, 0.1) is 15.0 Å². The minimum atomic E-state index is -0.489. The minimum absolute atomic E-state index is 0.0158. The fourth-order valence-corrected chi connectivity index (χ4v) is 3.93. The predicted octanol–water partition coefficient (Wildman–Crippen LogP) is 3.84. The SMILES string of the molecule is CC(=O)N1CCN(c2ccc(C(=O)N(C)Cc3cccc(Cl)c3Cl)cc2[N+](=O)[O-])CC1. The van der Waals surface area contributed by atoms with E-state index in [-0.39, 0.29) is 29.6 Å². The number of nitro groups is 1. The van der Waals surface area contributed by atoms with E-state index in [1.54, 1.807) is 42.3 Å². The molecule has 8 nitrogen and oxygen atoms in total. The van der Waals surface area contributed by atoms with Crippen molar-refractivity contribution >= 4 is 46.4 Å². The van der Waals surface area contributed by atoms with E-state index < -0.39 is 4.92 Å². The molecule has 0 radical (unpaired) electrons. The Balaban J connectivity index is 1.80. The highest BCUT2D eigenvalue weighted by molar-refractivity contribution is 6.42. The Bertz CT molecular complexity index is 1020. The average molecular weight is 465 g/mol. The lowest BCUT2D eigenvalue weighted by Gasteiger charge is -2.35. The summed E-state index contributed by atoms with van der Waals surface area (Å²) < 4.78 is 0. The molecule has 0 aliphatic carbocycles. The van der Waals surface area contributed by atoms with Gasteiger partial charge in [0, 0.05) is 58.3 Å². The van der Waals surface area contributed by atoms with Gasteiger partial charge in [-0.15, -0.1) is 0 Å². The summed E-state index contributed by atoms with van der Waals surface area (Å²) in [6, 6.07) is 9.64. The number of nitro benzene ring substituents is 1. The molecule has 2 amide bonds. The zero-order valence-corrected chi connectivity index (χ0v) is 18.7. The van der Waals surface area contributed by atoms with Crippen molar-refractivity contribution in [1.82, 2.24) is 9.80 Å². The highest BCUT2D eigenvalue weighted by Gasteiger charge is 2.26. The topological polar surface area (TPSA) is 87.0 Å². The third-order valence-electron chi connectivity index (χ3n) is 5.27. The van der Waals surface area contributed by atoms with E-state index in [4.69, 9.17) is 23.2 Å². The van der Waals surface area contributed by atoms with Gasteiger partial charge < -0.3 is 14.7 Å². The zero-order valence-electron chi connectivity index (χ0n) is 17.2. The molecule has 1 heterocycles. The van der Waals surface area contributed by atoms with Crippen LogP contribution in [0.4, 0.5) is 11.4 Å². The maximum absolute atomic E-state index is 12.9. The highest BCUT2D eigenvalue weighted by atomic mass is 35.5. The van der Waals surface area contributed by atoms with Crippen molar-refractivity contribution in [2.45, 2.75) is 13.5 Å². The normalized spacial score (nSPS) is 13.8. The second-order valence-electron chi connectivity index (χ2n) is 7.33. The lowest BCUT2D eigenvalue weighted by atomic mass is 10.1. The summed E-state index contributed by atoms with van der Waals surface area (Å²) in [5.41, 5.74) is 1.18. The van der Waals surface area contributed by atoms with Gasteiger partial charge in [0.15, 0.2) is 0 Å². The van der Waals surface area contributed by atoms with E-state index in [1.165, 1.54) is 17.9 Å². The van der Waals surface area contributed by atoms with Crippen LogP contribution in [0.25, 0.3) is 0 Å². The Labute approximate surface area is 190 Å². The average Bonchev–Trinajstić information content (AvgIpc) is 2.76. The third-order valence-corrected chi connectivity index (χ3v) is 6.13. The van der Waals surface area contributed by atoms with Gasteiger partial charge in [-0.25, -0.2) is 0 Å². The number of carbonyl (C=O) groups is 2. The molecule has 0 spiro atoms. The van der Waals surface area contributed by atoms with Crippen LogP contribution >= 0.6 is 23.2 Å². The number of piperazine rings is 1. The second-order valence-corrected chi connectivity index (χ2v) is 8.11. The van der Waals surface area contributed by atoms with Crippen molar-refractivity contribution in [3.05, 3.63) is 67.7 Å². The largest absolute Gasteiger partial charge is 0.362 e. The molecule has 0 N–H and O–H groups in total. The van der Waals surface area contributed by atoms with E-state index in [0.717, 1.165) is 0 Å². The number of hydrogen-bond donors (Lipinski definition) is 0. The Morgan fingerprint density at radius 3 is 2.42 bits per heavy atom. The van der Waals surface area contributed by atoms with Crippen LogP contribution in [0.5, 0.6) is 0 Å². The van der Waals surface area contributed by atoms with E-state index in [0.29, 0.717) is 47.5 Å². The van der Waals surface area contributed by atoms with Crippen molar-refractivity contribution in [1.29, 1.82) is 0 Å². The Kier molecular flexibility index (Phi) is 7.02. The molecule has 10 heteroatoms. The summed E-state index contributed by atoms with van der Waals surface area (Å²) in [5.74, 6) is -0.384. The summed E-state index contributed by atoms with van der Waals surface area (Å²) in [4.78, 5) is 40.6. The molecule has 1 saturated heterocycles. The molecule has 3 rings (SSSR count). The molecule has 2 aromatic rings. The number of hydrogen-bond acceptors (Lipinski definition) is 5. The van der Waals surface area contributed by atoms with Crippen LogP contribution in [0, 0.1) is 10.1 Å². The fourth-order valence-electron chi connectivity index (χ4n) is 3.55. The second kappa shape index (κ2) is 9.53. The number of benzene rings is 2. The number of anilines is 1. The standard InChI is InChI=1S/C21H22Cl2N4O4/c1-14(28)25-8-10-26(11-9-25)18-7-6-15(12-19(18)27(30)31)21(29)24(2)13-16-4-3-5-17(22)20(16)23/h3-7,12H,8-11,13H2,1-2H3. The summed E-state index contributed by atoms with van der Waals surface area (Å²) in [5, 5.41) is 12.5. The van der Waals surface area contributed by atoms with Crippen molar-refractivity contribution in [3.63, 3.8) is 0 Å². The van der Waals surface area contributed by atoms with Crippen LogP contribution in [0.1, 0.15) is 22.8 Å². The summed E-state index contributed by atoms with van der Waals surface area (Å²) in [6.07, 6.45) is 0. The monoisotopic (exact) mass is 464 g/mol. The molecule has 0 saturated carbocycles. The number of carbonyl (C=O) groups excluding carboxylic acids is 2. The summed E-state index contributed by atoms with van der Waals surface area (Å²) in [6.45, 7) is 3.68. The Morgan fingerprint density at radius 2 is 1.81 bits per heavy atom. The van der Waals surface area contributed by atoms with Gasteiger partial charge in [-0.1, -0.05) is 35.3 Å². The van der Waals surface area contributed by atoms with Gasteiger partial charge >= 0.3 is 0 Å². The van der Waals surface area contributed by atoms with Gasteiger partial charge in [0.25, 0.3) is 11.6 Å². The fraction of sp³-hybridized carbons (Fsp3) is 0.333. The van der Waals surface area contributed by atoms with Crippen LogP contribution in [0.15, 0.2) is 36.4 Å². The highest BCUT2D eigenvalue weighted by Crippen LogP contribution is 2.31. The van der Waals surface area contributed by atoms with Gasteiger partial charge in [-0.2, -0.15) is 0 Å². The third kappa shape index (κ3) is 5.08. The predicted molar refractivity (Wildman–Crippen MR) is 120 cm³/mol. The molecular formula is C21H22Cl2N4O4. The Hall–Kier alpha value is -2.84. The van der Waals surface area contributed by atoms with E-state index >= 15 is 0 Å². The molecule has 1 aliphatic heterocycles. The molecule has 164 valence electrons. The molecule has 2 aromatic carbocycles. The number of rotatable bonds is 5. The van der Waals surface area contributed by atoms with Crippen LogP contribution < -0.4 is 4.90 Å². The smallest absolute Gasteiger partial charge is 0.293 e. The molecular weight excluding hydrogens is 443 g/mol. The lowest BCUT2D eigenvalue weighted by molar-refractivity contribution is -0.384. The van der Waals surface area contributed by atoms with Gasteiger partial charge in [0.2, 0.25) is 5.91 Å². The Morgan fingerprint density at radius 1 is 1.13 bits per heavy atom. The molecule has 0 bridgehead atoms. The van der Waals surface area contributed by atoms with Crippen LogP contribution in [0.3, 0.4) is 0 Å². The van der Waals surface area contributed by atoms with E-state index in [1.807, 2.05) is 4.90 Å².